The maximum absolute atomic E-state index is 12.1. The van der Waals surface area contributed by atoms with E-state index in [0.717, 1.165) is 0 Å². The molecule has 0 aromatic heterocycles. The Balaban J connectivity index is 3.08. The predicted molar refractivity (Wildman–Crippen MR) is 56.7 cm³/mol. The maximum atomic E-state index is 12.1. The number of allylic oxidation sites excluding steroid dienone is 1. The van der Waals surface area contributed by atoms with E-state index in [0.29, 0.717) is 10.6 Å². The molecule has 1 unspecified atom stereocenters. The Hall–Kier alpha value is -1.09. The highest BCUT2D eigenvalue weighted by Crippen LogP contribution is 2.31. The van der Waals surface area contributed by atoms with Crippen molar-refractivity contribution in [1.82, 2.24) is 0 Å². The Morgan fingerprint density at radius 2 is 2.13 bits per heavy atom. The summed E-state index contributed by atoms with van der Waals surface area (Å²) in [5, 5.41) is 0.486. The third-order valence-electron chi connectivity index (χ3n) is 2.03. The fourth-order valence-electron chi connectivity index (χ4n) is 1.21. The molecule has 1 aromatic rings. The lowest BCUT2D eigenvalue weighted by atomic mass is 10.0. The normalized spacial score (nSPS) is 12.6. The van der Waals surface area contributed by atoms with E-state index in [2.05, 4.69) is 11.3 Å². The van der Waals surface area contributed by atoms with Crippen LogP contribution in [0.4, 0.5) is 8.78 Å². The van der Waals surface area contributed by atoms with Gasteiger partial charge in [-0.25, -0.2) is 0 Å². The van der Waals surface area contributed by atoms with E-state index in [-0.39, 0.29) is 11.7 Å². The van der Waals surface area contributed by atoms with Crippen LogP contribution in [0.3, 0.4) is 0 Å². The number of ether oxygens (including phenoxy) is 1. The van der Waals surface area contributed by atoms with Gasteiger partial charge in [0.1, 0.15) is 5.75 Å². The molecule has 0 amide bonds. The van der Waals surface area contributed by atoms with Crippen LogP contribution in [0.15, 0.2) is 30.9 Å². The Bertz CT molecular complexity index is 352. The number of alkyl halides is 2. The second-order valence-corrected chi connectivity index (χ2v) is 3.52. The van der Waals surface area contributed by atoms with E-state index in [9.17, 15) is 8.78 Å². The van der Waals surface area contributed by atoms with Gasteiger partial charge in [-0.3, -0.25) is 0 Å². The lowest BCUT2D eigenvalue weighted by Gasteiger charge is -2.14. The van der Waals surface area contributed by atoms with Crippen LogP contribution in [0.5, 0.6) is 5.75 Å². The number of hydrogen-bond acceptors (Lipinski definition) is 1. The van der Waals surface area contributed by atoms with E-state index >= 15 is 0 Å². The topological polar surface area (TPSA) is 9.23 Å². The monoisotopic (exact) mass is 232 g/mol. The molecule has 1 rings (SSSR count). The molecule has 15 heavy (non-hydrogen) atoms. The molecule has 0 saturated heterocycles. The van der Waals surface area contributed by atoms with Crippen LogP contribution in [-0.4, -0.2) is 6.61 Å². The Labute approximate surface area is 92.3 Å². The first-order valence-electron chi connectivity index (χ1n) is 4.41. The Kier molecular flexibility index (Phi) is 4.09. The molecular formula is C11H11ClF2O. The van der Waals surface area contributed by atoms with Gasteiger partial charge >= 0.3 is 6.61 Å². The minimum Gasteiger partial charge on any atom is -0.435 e. The molecule has 0 bridgehead atoms. The van der Waals surface area contributed by atoms with Crippen molar-refractivity contribution >= 4 is 11.6 Å². The zero-order valence-electron chi connectivity index (χ0n) is 8.21. The fourth-order valence-corrected chi connectivity index (χ4v) is 1.39. The molecule has 1 nitrogen and oxygen atoms in total. The van der Waals surface area contributed by atoms with Gasteiger partial charge in [-0.2, -0.15) is 8.78 Å². The van der Waals surface area contributed by atoms with E-state index in [1.807, 2.05) is 6.92 Å². The Morgan fingerprint density at radius 3 is 2.67 bits per heavy atom. The van der Waals surface area contributed by atoms with Crippen LogP contribution in [0.2, 0.25) is 5.02 Å². The quantitative estimate of drug-likeness (QED) is 0.706. The molecule has 0 N–H and O–H groups in total. The van der Waals surface area contributed by atoms with Crippen molar-refractivity contribution in [1.29, 1.82) is 0 Å². The smallest absolute Gasteiger partial charge is 0.387 e. The zero-order chi connectivity index (χ0) is 11.4. The van der Waals surface area contributed by atoms with Crippen LogP contribution in [0.1, 0.15) is 18.4 Å². The van der Waals surface area contributed by atoms with Gasteiger partial charge in [0, 0.05) is 16.5 Å². The van der Waals surface area contributed by atoms with Gasteiger partial charge in [-0.05, 0) is 18.2 Å². The molecule has 0 aliphatic rings. The molecule has 0 aliphatic carbocycles. The number of hydrogen-bond donors (Lipinski definition) is 0. The summed E-state index contributed by atoms with van der Waals surface area (Å²) >= 11 is 5.78. The summed E-state index contributed by atoms with van der Waals surface area (Å²) in [5.41, 5.74) is 0.609. The van der Waals surface area contributed by atoms with Crippen LogP contribution in [-0.2, 0) is 0 Å². The average Bonchev–Trinajstić information content (AvgIpc) is 2.19. The molecule has 0 spiro atoms. The van der Waals surface area contributed by atoms with Crippen molar-refractivity contribution in [2.45, 2.75) is 19.5 Å². The minimum atomic E-state index is -2.83. The molecule has 4 heteroatoms. The summed E-state index contributed by atoms with van der Waals surface area (Å²) in [5.74, 6) is 0.0549. The summed E-state index contributed by atoms with van der Waals surface area (Å²) in [4.78, 5) is 0. The Morgan fingerprint density at radius 1 is 1.47 bits per heavy atom. The third kappa shape index (κ3) is 3.20. The van der Waals surface area contributed by atoms with Gasteiger partial charge in [-0.1, -0.05) is 24.6 Å². The van der Waals surface area contributed by atoms with Gasteiger partial charge < -0.3 is 4.74 Å². The molecular weight excluding hydrogens is 222 g/mol. The summed E-state index contributed by atoms with van der Waals surface area (Å²) in [7, 11) is 0. The first kappa shape index (κ1) is 12.0. The van der Waals surface area contributed by atoms with Crippen molar-refractivity contribution in [3.05, 3.63) is 41.4 Å². The average molecular weight is 233 g/mol. The van der Waals surface area contributed by atoms with Crippen molar-refractivity contribution in [3.63, 3.8) is 0 Å². The van der Waals surface area contributed by atoms with Gasteiger partial charge in [0.2, 0.25) is 0 Å². The SMILES string of the molecule is C=CC(C)c1cc(Cl)ccc1OC(F)F. The third-order valence-corrected chi connectivity index (χ3v) is 2.27. The first-order chi connectivity index (χ1) is 7.04. The summed E-state index contributed by atoms with van der Waals surface area (Å²) in [6.07, 6.45) is 1.64. The standard InChI is InChI=1S/C11H11ClF2O/c1-3-7(2)9-6-8(12)4-5-10(9)15-11(13)14/h3-7,11H,1H2,2H3. The van der Waals surface area contributed by atoms with Gasteiger partial charge in [0.05, 0.1) is 0 Å². The molecule has 0 saturated carbocycles. The van der Waals surface area contributed by atoms with E-state index in [1.165, 1.54) is 12.1 Å². The van der Waals surface area contributed by atoms with Crippen molar-refractivity contribution in [3.8, 4) is 5.75 Å². The van der Waals surface area contributed by atoms with Crippen molar-refractivity contribution < 1.29 is 13.5 Å². The van der Waals surface area contributed by atoms with Crippen molar-refractivity contribution in [2.75, 3.05) is 0 Å². The van der Waals surface area contributed by atoms with Gasteiger partial charge in [0.15, 0.2) is 0 Å². The summed E-state index contributed by atoms with van der Waals surface area (Å²) < 4.78 is 28.6. The van der Waals surface area contributed by atoms with Gasteiger partial charge in [0.25, 0.3) is 0 Å². The van der Waals surface area contributed by atoms with Crippen LogP contribution in [0.25, 0.3) is 0 Å². The first-order valence-corrected chi connectivity index (χ1v) is 4.79. The van der Waals surface area contributed by atoms with Crippen LogP contribution < -0.4 is 4.74 Å². The molecule has 1 aromatic carbocycles. The van der Waals surface area contributed by atoms with Crippen LogP contribution >= 0.6 is 11.6 Å². The second kappa shape index (κ2) is 5.12. The molecule has 0 fully saturated rings. The minimum absolute atomic E-state index is 0.0857. The second-order valence-electron chi connectivity index (χ2n) is 3.09. The number of halogens is 3. The lowest BCUT2D eigenvalue weighted by Crippen LogP contribution is -2.05. The predicted octanol–water partition coefficient (Wildman–Crippen LogP) is 4.23. The highest BCUT2D eigenvalue weighted by atomic mass is 35.5. The highest BCUT2D eigenvalue weighted by molar-refractivity contribution is 6.30. The van der Waals surface area contributed by atoms with Gasteiger partial charge in [-0.15, -0.1) is 6.58 Å². The molecule has 82 valence electrons. The summed E-state index contributed by atoms with van der Waals surface area (Å²) in [6, 6.07) is 4.55. The van der Waals surface area contributed by atoms with E-state index in [4.69, 9.17) is 11.6 Å². The highest BCUT2D eigenvalue weighted by Gasteiger charge is 2.13. The van der Waals surface area contributed by atoms with Crippen LogP contribution in [0, 0.1) is 0 Å². The number of benzene rings is 1. The van der Waals surface area contributed by atoms with E-state index < -0.39 is 6.61 Å². The van der Waals surface area contributed by atoms with E-state index in [1.54, 1.807) is 12.1 Å². The summed E-state index contributed by atoms with van der Waals surface area (Å²) in [6.45, 7) is 2.60. The van der Waals surface area contributed by atoms with Crippen molar-refractivity contribution in [2.24, 2.45) is 0 Å². The molecule has 0 aliphatic heterocycles. The molecule has 1 atom stereocenters. The fraction of sp³-hybridized carbons (Fsp3) is 0.273. The molecule has 0 radical (unpaired) electrons. The number of rotatable bonds is 4. The maximum Gasteiger partial charge on any atom is 0.387 e. The zero-order valence-corrected chi connectivity index (χ0v) is 8.97. The largest absolute Gasteiger partial charge is 0.435 e. The lowest BCUT2D eigenvalue weighted by molar-refractivity contribution is -0.0505. The molecule has 0 heterocycles.